The van der Waals surface area contributed by atoms with Gasteiger partial charge in [0.1, 0.15) is 5.75 Å². The fourth-order valence-electron chi connectivity index (χ4n) is 1.75. The van der Waals surface area contributed by atoms with Crippen LogP contribution in [0.5, 0.6) is 5.75 Å². The molecule has 0 spiro atoms. The summed E-state index contributed by atoms with van der Waals surface area (Å²) < 4.78 is 0. The van der Waals surface area contributed by atoms with Crippen LogP contribution in [-0.4, -0.2) is 16.8 Å². The van der Waals surface area contributed by atoms with Crippen molar-refractivity contribution in [1.82, 2.24) is 0 Å². The molecule has 0 saturated heterocycles. The van der Waals surface area contributed by atoms with Crippen molar-refractivity contribution in [2.75, 3.05) is 6.61 Å². The highest BCUT2D eigenvalue weighted by Gasteiger charge is 2.18. The van der Waals surface area contributed by atoms with Crippen molar-refractivity contribution in [3.63, 3.8) is 0 Å². The molecular weight excluding hydrogens is 188 g/mol. The summed E-state index contributed by atoms with van der Waals surface area (Å²) in [5.41, 5.74) is 2.41. The molecule has 0 aliphatic rings. The van der Waals surface area contributed by atoms with Gasteiger partial charge in [-0.2, -0.15) is 0 Å². The number of aromatic hydroxyl groups is 1. The number of aliphatic hydroxyl groups is 1. The Kier molecular flexibility index (Phi) is 3.75. The van der Waals surface area contributed by atoms with Crippen LogP contribution in [0.1, 0.15) is 38.3 Å². The molecule has 0 saturated carbocycles. The van der Waals surface area contributed by atoms with Crippen LogP contribution in [0.15, 0.2) is 18.2 Å². The van der Waals surface area contributed by atoms with Gasteiger partial charge in [-0.05, 0) is 41.5 Å². The van der Waals surface area contributed by atoms with Gasteiger partial charge >= 0.3 is 0 Å². The fourth-order valence-corrected chi connectivity index (χ4v) is 1.75. The highest BCUT2D eigenvalue weighted by molar-refractivity contribution is 5.39. The van der Waals surface area contributed by atoms with E-state index in [9.17, 15) is 5.11 Å². The minimum Gasteiger partial charge on any atom is -0.508 e. The van der Waals surface area contributed by atoms with Gasteiger partial charge in [-0.3, -0.25) is 0 Å². The van der Waals surface area contributed by atoms with Gasteiger partial charge in [0.2, 0.25) is 0 Å². The first-order valence-electron chi connectivity index (χ1n) is 5.38. The van der Waals surface area contributed by atoms with Crippen LogP contribution >= 0.6 is 0 Å². The Morgan fingerprint density at radius 2 is 1.87 bits per heavy atom. The minimum absolute atomic E-state index is 0.0313. The van der Waals surface area contributed by atoms with Crippen LogP contribution < -0.4 is 0 Å². The van der Waals surface area contributed by atoms with Crippen LogP contribution in [0.25, 0.3) is 0 Å². The lowest BCUT2D eigenvalue weighted by atomic mass is 9.82. The third-order valence-electron chi connectivity index (χ3n) is 2.51. The maximum Gasteiger partial charge on any atom is 0.115 e. The topological polar surface area (TPSA) is 40.5 Å². The molecule has 1 aromatic rings. The Balaban J connectivity index is 3.04. The van der Waals surface area contributed by atoms with Gasteiger partial charge in [-0.1, -0.05) is 26.8 Å². The zero-order valence-corrected chi connectivity index (χ0v) is 9.75. The van der Waals surface area contributed by atoms with E-state index in [2.05, 4.69) is 20.8 Å². The molecule has 0 aromatic heterocycles. The van der Waals surface area contributed by atoms with E-state index in [0.717, 1.165) is 18.4 Å². The summed E-state index contributed by atoms with van der Waals surface area (Å²) in [5, 5.41) is 18.3. The van der Waals surface area contributed by atoms with Crippen molar-refractivity contribution in [3.05, 3.63) is 29.3 Å². The number of rotatable bonds is 3. The van der Waals surface area contributed by atoms with Crippen LogP contribution in [0.4, 0.5) is 0 Å². The van der Waals surface area contributed by atoms with E-state index in [4.69, 9.17) is 5.11 Å². The van der Waals surface area contributed by atoms with Gasteiger partial charge in [0, 0.05) is 6.61 Å². The molecule has 1 rings (SSSR count). The Morgan fingerprint density at radius 3 is 2.40 bits per heavy atom. The Bertz CT molecular complexity index is 324. The molecular formula is C13H20O2. The summed E-state index contributed by atoms with van der Waals surface area (Å²) in [6, 6.07) is 5.49. The number of aryl methyl sites for hydroxylation is 1. The molecule has 15 heavy (non-hydrogen) atoms. The highest BCUT2D eigenvalue weighted by atomic mass is 16.3. The minimum atomic E-state index is 0.0313. The molecule has 0 aliphatic heterocycles. The van der Waals surface area contributed by atoms with E-state index >= 15 is 0 Å². The number of benzene rings is 1. The zero-order valence-electron chi connectivity index (χ0n) is 9.75. The van der Waals surface area contributed by atoms with Crippen molar-refractivity contribution in [3.8, 4) is 5.75 Å². The lowest BCUT2D eigenvalue weighted by Gasteiger charge is -2.23. The van der Waals surface area contributed by atoms with Gasteiger partial charge < -0.3 is 10.2 Å². The second kappa shape index (κ2) is 4.67. The van der Waals surface area contributed by atoms with Crippen LogP contribution in [0.3, 0.4) is 0 Å². The average molecular weight is 208 g/mol. The second-order valence-electron chi connectivity index (χ2n) is 4.92. The number of hydrogen-bond acceptors (Lipinski definition) is 2. The third-order valence-corrected chi connectivity index (χ3v) is 2.51. The molecule has 0 bridgehead atoms. The molecule has 0 aliphatic carbocycles. The molecule has 0 amide bonds. The lowest BCUT2D eigenvalue weighted by molar-refractivity contribution is 0.288. The number of aliphatic hydroxyl groups excluding tert-OH is 1. The van der Waals surface area contributed by atoms with Gasteiger partial charge in [0.05, 0.1) is 0 Å². The molecule has 0 heterocycles. The van der Waals surface area contributed by atoms with Crippen molar-refractivity contribution >= 4 is 0 Å². The Hall–Kier alpha value is -1.02. The first-order chi connectivity index (χ1) is 6.95. The smallest absolute Gasteiger partial charge is 0.115 e. The molecule has 0 radical (unpaired) electrons. The van der Waals surface area contributed by atoms with Crippen LogP contribution in [0.2, 0.25) is 0 Å². The van der Waals surface area contributed by atoms with Gasteiger partial charge in [-0.15, -0.1) is 0 Å². The highest BCUT2D eigenvalue weighted by Crippen LogP contribution is 2.29. The molecule has 84 valence electrons. The molecule has 2 heteroatoms. The van der Waals surface area contributed by atoms with E-state index in [0.29, 0.717) is 5.75 Å². The first kappa shape index (κ1) is 12.1. The summed E-state index contributed by atoms with van der Waals surface area (Å²) in [6.07, 6.45) is 1.64. The van der Waals surface area contributed by atoms with Crippen LogP contribution in [0, 0.1) is 0 Å². The predicted octanol–water partition coefficient (Wildman–Crippen LogP) is 2.61. The number of phenolic OH excluding ortho intramolecular Hbond substituents is 1. The van der Waals surface area contributed by atoms with Crippen molar-refractivity contribution in [1.29, 1.82) is 0 Å². The Morgan fingerprint density at radius 1 is 1.20 bits per heavy atom. The van der Waals surface area contributed by atoms with E-state index < -0.39 is 0 Å². The normalized spacial score (nSPS) is 11.7. The third kappa shape index (κ3) is 3.24. The second-order valence-corrected chi connectivity index (χ2v) is 4.92. The first-order valence-corrected chi connectivity index (χ1v) is 5.38. The standard InChI is InChI=1S/C13H20O2/c1-13(2,3)12-9-11(15)7-6-10(12)5-4-8-14/h6-7,9,14-15H,4-5,8H2,1-3H3. The maximum absolute atomic E-state index is 9.48. The zero-order chi connectivity index (χ0) is 11.5. The monoisotopic (exact) mass is 208 g/mol. The van der Waals surface area contributed by atoms with E-state index in [-0.39, 0.29) is 12.0 Å². The van der Waals surface area contributed by atoms with Crippen molar-refractivity contribution in [2.45, 2.75) is 39.0 Å². The van der Waals surface area contributed by atoms with E-state index in [1.807, 2.05) is 12.1 Å². The molecule has 2 nitrogen and oxygen atoms in total. The average Bonchev–Trinajstić information content (AvgIpc) is 2.14. The summed E-state index contributed by atoms with van der Waals surface area (Å²) in [5.74, 6) is 0.313. The summed E-state index contributed by atoms with van der Waals surface area (Å²) in [7, 11) is 0. The van der Waals surface area contributed by atoms with Gasteiger partial charge in [0.15, 0.2) is 0 Å². The Labute approximate surface area is 91.6 Å². The van der Waals surface area contributed by atoms with E-state index in [1.165, 1.54) is 5.56 Å². The summed E-state index contributed by atoms with van der Waals surface area (Å²) in [6.45, 7) is 6.60. The molecule has 1 aromatic carbocycles. The van der Waals surface area contributed by atoms with E-state index in [1.54, 1.807) is 6.07 Å². The summed E-state index contributed by atoms with van der Waals surface area (Å²) in [4.78, 5) is 0. The quantitative estimate of drug-likeness (QED) is 0.801. The fraction of sp³-hybridized carbons (Fsp3) is 0.538. The largest absolute Gasteiger partial charge is 0.508 e. The number of hydrogen-bond donors (Lipinski definition) is 2. The predicted molar refractivity (Wildman–Crippen MR) is 62.2 cm³/mol. The molecule has 0 atom stereocenters. The van der Waals surface area contributed by atoms with Crippen molar-refractivity contribution < 1.29 is 10.2 Å². The lowest BCUT2D eigenvalue weighted by Crippen LogP contribution is -2.14. The van der Waals surface area contributed by atoms with Gasteiger partial charge in [-0.25, -0.2) is 0 Å². The SMILES string of the molecule is CC(C)(C)c1cc(O)ccc1CCCO. The number of phenols is 1. The maximum atomic E-state index is 9.48. The molecule has 0 unspecified atom stereocenters. The van der Waals surface area contributed by atoms with Crippen molar-refractivity contribution in [2.24, 2.45) is 0 Å². The summed E-state index contributed by atoms with van der Waals surface area (Å²) >= 11 is 0. The molecule has 0 fully saturated rings. The van der Waals surface area contributed by atoms with Gasteiger partial charge in [0.25, 0.3) is 0 Å². The molecule has 2 N–H and O–H groups in total. The van der Waals surface area contributed by atoms with Crippen LogP contribution in [-0.2, 0) is 11.8 Å².